The number of hydrogen-bond donors (Lipinski definition) is 2. The number of halogens is 3. The number of rotatable bonds is 7. The van der Waals surface area contributed by atoms with Crippen LogP contribution in [0.3, 0.4) is 0 Å². The van der Waals surface area contributed by atoms with Crippen LogP contribution in [0.15, 0.2) is 42.5 Å². The number of fused-ring (bicyclic) bond motifs is 1. The van der Waals surface area contributed by atoms with Gasteiger partial charge in [0.25, 0.3) is 5.91 Å². The molecule has 3 aromatic rings. The Hall–Kier alpha value is -3.44. The summed E-state index contributed by atoms with van der Waals surface area (Å²) < 4.78 is 43.2. The first kappa shape index (κ1) is 24.7. The number of aliphatic hydroxyl groups is 1. The molecule has 2 aromatic carbocycles. The number of hydrogen-bond acceptors (Lipinski definition) is 7. The van der Waals surface area contributed by atoms with Gasteiger partial charge in [-0.1, -0.05) is 0 Å². The van der Waals surface area contributed by atoms with Gasteiger partial charge in [-0.15, -0.1) is 0 Å². The number of nitrogens with one attached hydrogen (secondary N) is 1. The average molecular weight is 489 g/mol. The largest absolute Gasteiger partial charge is 0.484 e. The monoisotopic (exact) mass is 489 g/mol. The van der Waals surface area contributed by atoms with Crippen LogP contribution < -0.4 is 15.0 Å². The summed E-state index contributed by atoms with van der Waals surface area (Å²) in [7, 11) is 0. The molecule has 11 heteroatoms. The van der Waals surface area contributed by atoms with Gasteiger partial charge in [0, 0.05) is 43.8 Å². The maximum Gasteiger partial charge on any atom is 0.416 e. The van der Waals surface area contributed by atoms with Crippen LogP contribution in [0.4, 0.5) is 24.8 Å². The highest BCUT2D eigenvalue weighted by atomic mass is 19.4. The second-order valence-corrected chi connectivity index (χ2v) is 8.25. The van der Waals surface area contributed by atoms with Crippen molar-refractivity contribution < 1.29 is 27.8 Å². The van der Waals surface area contributed by atoms with Crippen molar-refractivity contribution in [1.82, 2.24) is 14.9 Å². The highest BCUT2D eigenvalue weighted by Crippen LogP contribution is 2.30. The number of aromatic nitrogens is 2. The van der Waals surface area contributed by atoms with Crippen LogP contribution in [0, 0.1) is 6.92 Å². The Morgan fingerprint density at radius 1 is 1.09 bits per heavy atom. The van der Waals surface area contributed by atoms with Crippen LogP contribution >= 0.6 is 0 Å². The molecule has 1 saturated heterocycles. The summed E-state index contributed by atoms with van der Waals surface area (Å²) >= 11 is 0. The van der Waals surface area contributed by atoms with E-state index in [2.05, 4.69) is 25.1 Å². The number of piperazine rings is 1. The number of aliphatic hydroxyl groups excluding tert-OH is 1. The number of nitrogens with zero attached hydrogens (tertiary/aromatic N) is 4. The van der Waals surface area contributed by atoms with Gasteiger partial charge in [-0.05, 0) is 49.4 Å². The van der Waals surface area contributed by atoms with Crippen molar-refractivity contribution in [3.63, 3.8) is 0 Å². The Kier molecular flexibility index (Phi) is 7.37. The van der Waals surface area contributed by atoms with Gasteiger partial charge in [0.05, 0.1) is 23.4 Å². The van der Waals surface area contributed by atoms with Crippen molar-refractivity contribution in [2.24, 2.45) is 0 Å². The van der Waals surface area contributed by atoms with Crippen molar-refractivity contribution >= 4 is 28.4 Å². The molecule has 8 nitrogen and oxygen atoms in total. The molecule has 1 amide bonds. The fraction of sp³-hybridized carbons (Fsp3) is 0.375. The molecule has 1 aliphatic rings. The van der Waals surface area contributed by atoms with E-state index >= 15 is 0 Å². The SMILES string of the molecule is Cc1nc(N2CCN(CCO)CC2)nc2ccc(NC(=O)COc3ccc(C(F)(F)F)cc3)cc12. The highest BCUT2D eigenvalue weighted by Gasteiger charge is 2.30. The molecule has 0 spiro atoms. The predicted octanol–water partition coefficient (Wildman–Crippen LogP) is 3.09. The summed E-state index contributed by atoms with van der Waals surface area (Å²) in [6.45, 7) is 5.56. The maximum absolute atomic E-state index is 12.6. The van der Waals surface area contributed by atoms with Crippen LogP contribution in [0.25, 0.3) is 10.9 Å². The second-order valence-electron chi connectivity index (χ2n) is 8.25. The highest BCUT2D eigenvalue weighted by molar-refractivity contribution is 5.95. The van der Waals surface area contributed by atoms with E-state index in [1.165, 1.54) is 12.1 Å². The molecule has 186 valence electrons. The number of carbonyl (C=O) groups is 1. The Bertz CT molecular complexity index is 1180. The molecule has 1 aromatic heterocycles. The van der Waals surface area contributed by atoms with Crippen LogP contribution in [0.5, 0.6) is 5.75 Å². The smallest absolute Gasteiger partial charge is 0.416 e. The van der Waals surface area contributed by atoms with Crippen molar-refractivity contribution in [2.45, 2.75) is 13.1 Å². The maximum atomic E-state index is 12.6. The standard InChI is InChI=1S/C24H26F3N5O3/c1-16-20-14-18(29-22(34)15-35-19-5-2-17(3-6-19)24(25,26)27)4-7-21(20)30-23(28-16)32-10-8-31(9-11-32)12-13-33/h2-7,14,33H,8-13,15H2,1H3,(H,29,34). The lowest BCUT2D eigenvalue weighted by molar-refractivity contribution is -0.137. The summed E-state index contributed by atoms with van der Waals surface area (Å²) in [6.07, 6.45) is -4.43. The van der Waals surface area contributed by atoms with Crippen LogP contribution in [-0.4, -0.2) is 71.8 Å². The zero-order valence-electron chi connectivity index (χ0n) is 19.2. The normalized spacial score (nSPS) is 14.8. The third-order valence-corrected chi connectivity index (χ3v) is 5.78. The number of anilines is 2. The topological polar surface area (TPSA) is 90.8 Å². The number of carbonyl (C=O) groups excluding carboxylic acids is 1. The lowest BCUT2D eigenvalue weighted by atomic mass is 10.1. The summed E-state index contributed by atoms with van der Waals surface area (Å²) in [5.74, 6) is 0.376. The minimum atomic E-state index is -4.43. The number of amides is 1. The van der Waals surface area contributed by atoms with Crippen molar-refractivity contribution in [2.75, 3.05) is 56.2 Å². The Labute approximate surface area is 200 Å². The first-order valence-electron chi connectivity index (χ1n) is 11.2. The van der Waals surface area contributed by atoms with Gasteiger partial charge in [-0.3, -0.25) is 9.69 Å². The molecule has 0 atom stereocenters. The van der Waals surface area contributed by atoms with Gasteiger partial charge in [0.2, 0.25) is 5.95 Å². The van der Waals surface area contributed by atoms with Crippen molar-refractivity contribution in [3.05, 3.63) is 53.7 Å². The lowest BCUT2D eigenvalue weighted by Gasteiger charge is -2.34. The Morgan fingerprint density at radius 3 is 2.46 bits per heavy atom. The molecule has 2 N–H and O–H groups in total. The first-order valence-corrected chi connectivity index (χ1v) is 11.2. The van der Waals surface area contributed by atoms with Crippen molar-refractivity contribution in [3.8, 4) is 5.75 Å². The summed E-state index contributed by atoms with van der Waals surface area (Å²) in [6, 6.07) is 9.48. The predicted molar refractivity (Wildman–Crippen MR) is 126 cm³/mol. The molecular weight excluding hydrogens is 463 g/mol. The van der Waals surface area contributed by atoms with Gasteiger partial charge in [0.1, 0.15) is 5.75 Å². The molecule has 2 heterocycles. The minimum absolute atomic E-state index is 0.144. The van der Waals surface area contributed by atoms with E-state index in [9.17, 15) is 18.0 Å². The Morgan fingerprint density at radius 2 is 1.80 bits per heavy atom. The third-order valence-electron chi connectivity index (χ3n) is 5.78. The molecule has 1 aliphatic heterocycles. The molecule has 0 radical (unpaired) electrons. The minimum Gasteiger partial charge on any atom is -0.484 e. The van der Waals surface area contributed by atoms with E-state index < -0.39 is 17.6 Å². The van der Waals surface area contributed by atoms with Crippen molar-refractivity contribution in [1.29, 1.82) is 0 Å². The zero-order chi connectivity index (χ0) is 25.0. The van der Waals surface area contributed by atoms with E-state index in [1.807, 2.05) is 13.0 Å². The summed E-state index contributed by atoms with van der Waals surface area (Å²) in [4.78, 5) is 25.9. The first-order chi connectivity index (χ1) is 16.7. The molecule has 0 aliphatic carbocycles. The van der Waals surface area contributed by atoms with Gasteiger partial charge < -0.3 is 20.1 Å². The van der Waals surface area contributed by atoms with Gasteiger partial charge in [-0.25, -0.2) is 9.97 Å². The van der Waals surface area contributed by atoms with E-state index in [1.54, 1.807) is 12.1 Å². The number of alkyl halides is 3. The van der Waals surface area contributed by atoms with E-state index in [4.69, 9.17) is 9.84 Å². The fourth-order valence-electron chi connectivity index (χ4n) is 3.88. The molecule has 0 unspecified atom stereocenters. The second kappa shape index (κ2) is 10.4. The Balaban J connectivity index is 1.37. The molecule has 35 heavy (non-hydrogen) atoms. The van der Waals surface area contributed by atoms with Crippen LogP contribution in [0.2, 0.25) is 0 Å². The lowest BCUT2D eigenvalue weighted by Crippen LogP contribution is -2.47. The van der Waals surface area contributed by atoms with Crippen LogP contribution in [-0.2, 0) is 11.0 Å². The molecule has 0 saturated carbocycles. The average Bonchev–Trinajstić information content (AvgIpc) is 2.83. The third kappa shape index (κ3) is 6.17. The zero-order valence-corrected chi connectivity index (χ0v) is 19.2. The molecule has 1 fully saturated rings. The number of aryl methyl sites for hydroxylation is 1. The number of β-amino-alcohol motifs (C(OH)–C–C–N with tert-alkyl or cyclic N) is 1. The quantitative estimate of drug-likeness (QED) is 0.527. The van der Waals surface area contributed by atoms with Gasteiger partial charge >= 0.3 is 6.18 Å². The van der Waals surface area contributed by atoms with E-state index in [0.717, 1.165) is 54.9 Å². The number of ether oxygens (including phenoxy) is 1. The molecule has 4 rings (SSSR count). The van der Waals surface area contributed by atoms with Crippen LogP contribution in [0.1, 0.15) is 11.3 Å². The van der Waals surface area contributed by atoms with E-state index in [0.29, 0.717) is 18.2 Å². The molecule has 0 bridgehead atoms. The summed E-state index contributed by atoms with van der Waals surface area (Å²) in [5.41, 5.74) is 1.29. The molecular formula is C24H26F3N5O3. The van der Waals surface area contributed by atoms with Gasteiger partial charge in [-0.2, -0.15) is 13.2 Å². The number of benzene rings is 2. The summed E-state index contributed by atoms with van der Waals surface area (Å²) in [5, 5.41) is 12.6. The van der Waals surface area contributed by atoms with E-state index in [-0.39, 0.29) is 19.0 Å². The van der Waals surface area contributed by atoms with Gasteiger partial charge in [0.15, 0.2) is 6.61 Å². The fourth-order valence-corrected chi connectivity index (χ4v) is 3.88.